The second kappa shape index (κ2) is 8.53. The normalized spacial score (nSPS) is 27.7. The van der Waals surface area contributed by atoms with Crippen LogP contribution in [0.2, 0.25) is 0 Å². The highest BCUT2D eigenvalue weighted by Gasteiger charge is 2.19. The number of nitrogens with zero attached hydrogens (tertiary/aromatic N) is 7. The van der Waals surface area contributed by atoms with Crippen LogP contribution >= 0.6 is 0 Å². The number of ether oxygens (including phenoxy) is 1. The summed E-state index contributed by atoms with van der Waals surface area (Å²) in [7, 11) is 0. The lowest BCUT2D eigenvalue weighted by Crippen LogP contribution is -2.37. The molecule has 0 aromatic carbocycles. The summed E-state index contributed by atoms with van der Waals surface area (Å²) < 4.78 is 120. The first-order valence-electron chi connectivity index (χ1n) is 13.8. The molecular weight excluding hydrogens is 396 g/mol. The van der Waals surface area contributed by atoms with E-state index in [1.54, 1.807) is 0 Å². The van der Waals surface area contributed by atoms with E-state index in [4.69, 9.17) is 15.1 Å². The maximum absolute atomic E-state index is 14.3. The Labute approximate surface area is 186 Å². The standard InChI is InChI=1S/C18H21F2N9O/c1-11(15-13(20)7-12(19)8-21-15)23-16-25-17(24-14-9-28(2)10-22-14)27-18(26-16)29-3-5-30-6-4-29/h7-11H,3-6H2,1-2H3,(H2,23,24,25,26,27)/i2D3,3D2,4D2,5D2,6D2. The fraction of sp³-hybridized carbons (Fsp3) is 0.389. The van der Waals surface area contributed by atoms with E-state index in [2.05, 4.69) is 40.3 Å². The summed E-state index contributed by atoms with van der Waals surface area (Å²) in [5.41, 5.74) is -0.288. The third kappa shape index (κ3) is 4.59. The quantitative estimate of drug-likeness (QED) is 0.610. The van der Waals surface area contributed by atoms with Gasteiger partial charge in [0.25, 0.3) is 0 Å². The van der Waals surface area contributed by atoms with Gasteiger partial charge < -0.3 is 24.8 Å². The molecule has 30 heavy (non-hydrogen) atoms. The van der Waals surface area contributed by atoms with Crippen molar-refractivity contribution in [1.82, 2.24) is 29.5 Å². The van der Waals surface area contributed by atoms with Gasteiger partial charge in [-0.3, -0.25) is 4.98 Å². The Bertz CT molecular complexity index is 1430. The molecule has 3 aromatic rings. The largest absolute Gasteiger partial charge is 0.378 e. The summed E-state index contributed by atoms with van der Waals surface area (Å²) in [6.45, 7) is -14.9. The van der Waals surface area contributed by atoms with E-state index >= 15 is 0 Å². The number of aryl methyl sites for hydroxylation is 1. The highest BCUT2D eigenvalue weighted by Crippen LogP contribution is 2.22. The Morgan fingerprint density at radius 3 is 2.73 bits per heavy atom. The summed E-state index contributed by atoms with van der Waals surface area (Å²) in [5.74, 6) is -4.05. The van der Waals surface area contributed by atoms with Gasteiger partial charge in [0.1, 0.15) is 11.6 Å². The van der Waals surface area contributed by atoms with Gasteiger partial charge in [0.05, 0.1) is 48.3 Å². The van der Waals surface area contributed by atoms with Gasteiger partial charge in [0.2, 0.25) is 17.8 Å². The van der Waals surface area contributed by atoms with Crippen molar-refractivity contribution >= 4 is 23.7 Å². The molecule has 1 aliphatic heterocycles. The number of pyridine rings is 1. The fourth-order valence-electron chi connectivity index (χ4n) is 2.38. The van der Waals surface area contributed by atoms with Crippen molar-refractivity contribution in [3.8, 4) is 0 Å². The van der Waals surface area contributed by atoms with Crippen LogP contribution in [0.15, 0.2) is 24.8 Å². The average molecular weight is 428 g/mol. The predicted octanol–water partition coefficient (Wildman–Crippen LogP) is 2.03. The van der Waals surface area contributed by atoms with Crippen LogP contribution in [0.5, 0.6) is 0 Å². The molecule has 10 nitrogen and oxygen atoms in total. The second-order valence-corrected chi connectivity index (χ2v) is 5.83. The molecule has 1 fully saturated rings. The molecule has 3 aromatic heterocycles. The summed E-state index contributed by atoms with van der Waals surface area (Å²) >= 11 is 0. The zero-order valence-corrected chi connectivity index (χ0v) is 15.2. The minimum absolute atomic E-state index is 0.00995. The topological polar surface area (TPSA) is 106 Å². The first kappa shape index (κ1) is 10.6. The molecule has 0 amide bonds. The van der Waals surface area contributed by atoms with Gasteiger partial charge in [-0.05, 0) is 6.92 Å². The first-order valence-corrected chi connectivity index (χ1v) is 8.31. The lowest BCUT2D eigenvalue weighted by molar-refractivity contribution is 0.122. The number of anilines is 4. The molecule has 0 bridgehead atoms. The highest BCUT2D eigenvalue weighted by atomic mass is 19.1. The van der Waals surface area contributed by atoms with E-state index in [0.29, 0.717) is 6.07 Å². The van der Waals surface area contributed by atoms with Crippen molar-refractivity contribution < 1.29 is 28.6 Å². The minimum Gasteiger partial charge on any atom is -0.378 e. The van der Waals surface area contributed by atoms with Crippen molar-refractivity contribution in [2.75, 3.05) is 41.6 Å². The van der Waals surface area contributed by atoms with Gasteiger partial charge in [0.15, 0.2) is 5.82 Å². The van der Waals surface area contributed by atoms with Crippen LogP contribution in [0.25, 0.3) is 0 Å². The van der Waals surface area contributed by atoms with Gasteiger partial charge in [0, 0.05) is 36.3 Å². The molecule has 2 N–H and O–H groups in total. The van der Waals surface area contributed by atoms with E-state index in [9.17, 15) is 8.78 Å². The molecule has 0 aliphatic carbocycles. The lowest BCUT2D eigenvalue weighted by Gasteiger charge is -2.27. The number of rotatable bonds is 6. The molecule has 12 heteroatoms. The van der Waals surface area contributed by atoms with E-state index in [0.717, 1.165) is 23.3 Å². The summed E-state index contributed by atoms with van der Waals surface area (Å²) in [6, 6.07) is -0.501. The van der Waals surface area contributed by atoms with Gasteiger partial charge in [-0.1, -0.05) is 0 Å². The average Bonchev–Trinajstić information content (AvgIpc) is 3.26. The molecule has 158 valence electrons. The Morgan fingerprint density at radius 1 is 1.20 bits per heavy atom. The molecule has 1 aliphatic rings. The number of nitrogens with one attached hydrogen (secondary N) is 2. The molecule has 4 heterocycles. The van der Waals surface area contributed by atoms with Crippen LogP contribution in [0, 0.1) is 11.6 Å². The zero-order valence-electron chi connectivity index (χ0n) is 26.2. The van der Waals surface area contributed by atoms with Crippen LogP contribution in [-0.2, 0) is 11.7 Å². The Kier molecular flexibility index (Phi) is 3.01. The maximum Gasteiger partial charge on any atom is 0.235 e. The number of hydrogen-bond donors (Lipinski definition) is 2. The van der Waals surface area contributed by atoms with E-state index in [1.807, 2.05) is 0 Å². The summed E-state index contributed by atoms with van der Waals surface area (Å²) in [4.78, 5) is 19.4. The van der Waals surface area contributed by atoms with Crippen molar-refractivity contribution in [1.29, 1.82) is 0 Å². The van der Waals surface area contributed by atoms with Crippen molar-refractivity contribution in [3.05, 3.63) is 42.1 Å². The van der Waals surface area contributed by atoms with Crippen LogP contribution in [-0.4, -0.2) is 55.6 Å². The van der Waals surface area contributed by atoms with Crippen molar-refractivity contribution in [2.24, 2.45) is 6.98 Å². The van der Waals surface area contributed by atoms with Crippen LogP contribution in [0.1, 0.15) is 33.7 Å². The molecule has 0 saturated carbocycles. The number of halogens is 2. The van der Waals surface area contributed by atoms with Crippen molar-refractivity contribution in [2.45, 2.75) is 13.0 Å². The van der Waals surface area contributed by atoms with Gasteiger partial charge in [-0.2, -0.15) is 15.0 Å². The lowest BCUT2D eigenvalue weighted by atomic mass is 10.2. The van der Waals surface area contributed by atoms with Crippen LogP contribution in [0.4, 0.5) is 32.4 Å². The number of aromatic nitrogens is 6. The van der Waals surface area contributed by atoms with Gasteiger partial charge in [-0.25, -0.2) is 13.8 Å². The molecule has 1 atom stereocenters. The Morgan fingerprint density at radius 2 is 2.00 bits per heavy atom. The summed E-state index contributed by atoms with van der Waals surface area (Å²) in [5, 5.41) is 5.15. The molecule has 0 spiro atoms. The van der Waals surface area contributed by atoms with Gasteiger partial charge >= 0.3 is 0 Å². The Hall–Kier alpha value is -3.41. The zero-order chi connectivity index (χ0) is 30.8. The third-order valence-corrected chi connectivity index (χ3v) is 3.66. The van der Waals surface area contributed by atoms with Crippen LogP contribution < -0.4 is 15.5 Å². The molecule has 1 saturated heterocycles. The second-order valence-electron chi connectivity index (χ2n) is 5.83. The molecule has 4 rings (SSSR count). The smallest absolute Gasteiger partial charge is 0.235 e. The van der Waals surface area contributed by atoms with E-state index in [1.165, 1.54) is 6.92 Å². The highest BCUT2D eigenvalue weighted by molar-refractivity contribution is 5.52. The van der Waals surface area contributed by atoms with Crippen LogP contribution in [0.3, 0.4) is 0 Å². The van der Waals surface area contributed by atoms with Crippen molar-refractivity contribution in [3.63, 3.8) is 0 Å². The number of morpholine rings is 1. The third-order valence-electron chi connectivity index (χ3n) is 3.66. The molecule has 0 radical (unpaired) electrons. The Balaban J connectivity index is 1.83. The molecular formula is C18H21F2N9O. The van der Waals surface area contributed by atoms with E-state index < -0.39 is 68.6 Å². The predicted molar refractivity (Wildman–Crippen MR) is 106 cm³/mol. The maximum atomic E-state index is 14.3. The van der Waals surface area contributed by atoms with Gasteiger partial charge in [-0.15, -0.1) is 0 Å². The fourth-order valence-corrected chi connectivity index (χ4v) is 2.38. The molecule has 1 unspecified atom stereocenters. The minimum atomic E-state index is -3.43. The summed E-state index contributed by atoms with van der Waals surface area (Å²) in [6.07, 6.45) is 2.77. The number of imidazole rings is 1. The number of hydrogen-bond acceptors (Lipinski definition) is 9. The monoisotopic (exact) mass is 428 g/mol. The van der Waals surface area contributed by atoms with E-state index in [-0.39, 0.29) is 16.4 Å². The SMILES string of the molecule is [2H]C([2H])([2H])n1cnc(Nc2nc(NC(C)c3ncc(F)cc3F)nc(N3C([2H])([2H])C([2H])([2H])OC([2H])([2H])C3([2H])[2H])n2)c1. The first-order chi connectivity index (χ1) is 18.7.